The zero-order valence-electron chi connectivity index (χ0n) is 23.0. The molecule has 0 aromatic carbocycles. The zero-order valence-corrected chi connectivity index (χ0v) is 23.0. The Morgan fingerprint density at radius 3 is 2.54 bits per heavy atom. The number of rotatable bonds is 8. The number of aliphatic hydroxyl groups excluding tert-OH is 1. The van der Waals surface area contributed by atoms with E-state index in [0.717, 1.165) is 37.8 Å². The molecule has 0 aromatic heterocycles. The van der Waals surface area contributed by atoms with Gasteiger partial charge in [-0.05, 0) is 93.0 Å². The third-order valence-electron chi connectivity index (χ3n) is 10.6. The Kier molecular flexibility index (Phi) is 7.63. The third kappa shape index (κ3) is 5.10. The Bertz CT molecular complexity index is 1000. The molecule has 3 N–H and O–H groups in total. The summed E-state index contributed by atoms with van der Waals surface area (Å²) in [7, 11) is 0. The topological polar surface area (TPSA) is 125 Å². The van der Waals surface area contributed by atoms with Crippen LogP contribution in [0.1, 0.15) is 86.0 Å². The highest BCUT2D eigenvalue weighted by atomic mass is 16.6. The number of nitrogens with one attached hydrogen (secondary N) is 1. The fraction of sp³-hybridized carbons (Fsp3) is 0.793. The minimum atomic E-state index is -1.57. The molecule has 0 heterocycles. The van der Waals surface area contributed by atoms with Crippen molar-refractivity contribution >= 4 is 23.4 Å². The number of nitrogens with zero attached hydrogens (tertiary/aromatic N) is 1. The number of carboxylic acids is 1. The van der Waals surface area contributed by atoms with Crippen molar-refractivity contribution in [2.75, 3.05) is 13.2 Å². The second-order valence-corrected chi connectivity index (χ2v) is 13.1. The highest BCUT2D eigenvalue weighted by molar-refractivity contribution is 5.96. The number of allylic oxidation sites excluding steroid dienone is 2. The minimum Gasteiger partial charge on any atom is -0.479 e. The molecular formula is C29H44N2O6. The molecule has 3 fully saturated rings. The fourth-order valence-corrected chi connectivity index (χ4v) is 8.29. The highest BCUT2D eigenvalue weighted by Crippen LogP contribution is 2.66. The van der Waals surface area contributed by atoms with E-state index in [1.807, 2.05) is 0 Å². The molecule has 4 aliphatic rings. The molecule has 0 spiro atoms. The summed E-state index contributed by atoms with van der Waals surface area (Å²) < 4.78 is 0. The molecule has 3 saturated carbocycles. The van der Waals surface area contributed by atoms with Crippen LogP contribution in [0, 0.1) is 39.9 Å². The first kappa shape index (κ1) is 27.8. The smallest absolute Gasteiger partial charge is 0.333 e. The van der Waals surface area contributed by atoms with Crippen molar-refractivity contribution in [3.8, 4) is 0 Å². The van der Waals surface area contributed by atoms with Crippen LogP contribution in [-0.2, 0) is 19.2 Å². The molecule has 37 heavy (non-hydrogen) atoms. The first-order valence-corrected chi connectivity index (χ1v) is 13.9. The van der Waals surface area contributed by atoms with Crippen LogP contribution >= 0.6 is 0 Å². The van der Waals surface area contributed by atoms with Crippen LogP contribution in [0.4, 0.5) is 0 Å². The normalized spacial score (nSPS) is 37.0. The maximum Gasteiger partial charge on any atom is 0.333 e. The fourth-order valence-electron chi connectivity index (χ4n) is 8.29. The number of ketones is 1. The number of Topliss-reactive ketones (excluding diaryl/α,β-unsaturated/α-hetero) is 1. The Morgan fingerprint density at radius 2 is 1.86 bits per heavy atom. The average Bonchev–Trinajstić information content (AvgIpc) is 3.20. The number of hydrogen-bond acceptors (Lipinski definition) is 6. The van der Waals surface area contributed by atoms with Crippen molar-refractivity contribution in [3.05, 3.63) is 11.6 Å². The maximum atomic E-state index is 12.4. The standard InChI is InChI=1S/C29H44N2O6/c1-17(32)21-8-9-22-20-7-6-18-14-19(10-12-28(18,4)23(20)11-13-29(21,22)5)31-37-15-24(33)30-16-27(2,3)25(34)26(35)36/h14,20-23,25,34H,6-13,15-16H2,1-5H3,(H,30,33)(H,35,36)/b31-19-/t20-,21-,22+,23-,25-,28-,29-/m1/s1. The summed E-state index contributed by atoms with van der Waals surface area (Å²) in [6.07, 6.45) is 9.23. The van der Waals surface area contributed by atoms with Crippen LogP contribution < -0.4 is 5.32 Å². The van der Waals surface area contributed by atoms with Crippen LogP contribution in [0.5, 0.6) is 0 Å². The number of carbonyl (C=O) groups is 3. The number of carbonyl (C=O) groups excluding carboxylic acids is 2. The molecule has 0 saturated heterocycles. The molecule has 8 heteroatoms. The van der Waals surface area contributed by atoms with E-state index in [4.69, 9.17) is 9.94 Å². The van der Waals surface area contributed by atoms with Gasteiger partial charge in [-0.15, -0.1) is 0 Å². The molecular weight excluding hydrogens is 472 g/mol. The van der Waals surface area contributed by atoms with E-state index in [0.29, 0.717) is 23.5 Å². The SMILES string of the molecule is CC(=O)[C@H]1CC[C@H]2[C@H]3CCC4=C/C(=N\OCC(=O)NCC(C)(C)[C@H](O)C(=O)O)CC[C@@]4(C)[C@@H]3CC[C@]12C. The van der Waals surface area contributed by atoms with Gasteiger partial charge in [0.15, 0.2) is 12.7 Å². The number of oxime groups is 1. The number of amides is 1. The second kappa shape index (κ2) is 10.2. The van der Waals surface area contributed by atoms with Gasteiger partial charge in [0.1, 0.15) is 5.78 Å². The molecule has 0 bridgehead atoms. The van der Waals surface area contributed by atoms with Gasteiger partial charge in [-0.25, -0.2) is 4.79 Å². The number of aliphatic carboxylic acids is 1. The van der Waals surface area contributed by atoms with Crippen LogP contribution in [-0.4, -0.2) is 52.8 Å². The van der Waals surface area contributed by atoms with E-state index in [1.54, 1.807) is 20.8 Å². The first-order chi connectivity index (χ1) is 17.3. The number of hydrogen-bond donors (Lipinski definition) is 3. The van der Waals surface area contributed by atoms with E-state index < -0.39 is 23.4 Å². The quantitative estimate of drug-likeness (QED) is 0.417. The summed E-state index contributed by atoms with van der Waals surface area (Å²) in [5.74, 6) is 0.864. The predicted molar refractivity (Wildman–Crippen MR) is 140 cm³/mol. The van der Waals surface area contributed by atoms with Gasteiger partial charge in [0.25, 0.3) is 5.91 Å². The maximum absolute atomic E-state index is 12.4. The largest absolute Gasteiger partial charge is 0.479 e. The Hall–Kier alpha value is -2.22. The Morgan fingerprint density at radius 1 is 1.14 bits per heavy atom. The van der Waals surface area contributed by atoms with Crippen molar-refractivity contribution in [1.82, 2.24) is 5.32 Å². The summed E-state index contributed by atoms with van der Waals surface area (Å²) in [4.78, 5) is 40.9. The molecule has 4 rings (SSSR count). The summed E-state index contributed by atoms with van der Waals surface area (Å²) in [5, 5.41) is 25.6. The van der Waals surface area contributed by atoms with Crippen molar-refractivity contribution in [3.63, 3.8) is 0 Å². The molecule has 0 aliphatic heterocycles. The molecule has 0 aromatic rings. The monoisotopic (exact) mass is 516 g/mol. The van der Waals surface area contributed by atoms with Gasteiger partial charge < -0.3 is 20.4 Å². The van der Waals surface area contributed by atoms with Crippen LogP contribution in [0.2, 0.25) is 0 Å². The molecule has 7 atom stereocenters. The lowest BCUT2D eigenvalue weighted by atomic mass is 9.46. The van der Waals surface area contributed by atoms with E-state index in [-0.39, 0.29) is 29.9 Å². The van der Waals surface area contributed by atoms with E-state index in [2.05, 4.69) is 30.4 Å². The number of carboxylic acid groups (broad SMARTS) is 1. The summed E-state index contributed by atoms with van der Waals surface area (Å²) in [6.45, 7) is 9.50. The van der Waals surface area contributed by atoms with E-state index >= 15 is 0 Å². The van der Waals surface area contributed by atoms with Gasteiger partial charge in [0.2, 0.25) is 0 Å². The lowest BCUT2D eigenvalue weighted by Crippen LogP contribution is -2.51. The van der Waals surface area contributed by atoms with Crippen LogP contribution in [0.15, 0.2) is 16.8 Å². The first-order valence-electron chi connectivity index (χ1n) is 13.9. The summed E-state index contributed by atoms with van der Waals surface area (Å²) in [6, 6.07) is 0. The molecule has 4 aliphatic carbocycles. The van der Waals surface area contributed by atoms with Gasteiger partial charge in [-0.3, -0.25) is 9.59 Å². The summed E-state index contributed by atoms with van der Waals surface area (Å²) in [5.41, 5.74) is 1.62. The van der Waals surface area contributed by atoms with Crippen LogP contribution in [0.3, 0.4) is 0 Å². The second-order valence-electron chi connectivity index (χ2n) is 13.1. The molecule has 0 radical (unpaired) electrons. The van der Waals surface area contributed by atoms with Crippen molar-refractivity contribution < 1.29 is 29.4 Å². The lowest BCUT2D eigenvalue weighted by Gasteiger charge is -2.58. The van der Waals surface area contributed by atoms with Gasteiger partial charge in [-0.2, -0.15) is 0 Å². The molecule has 1 amide bonds. The molecule has 8 nitrogen and oxygen atoms in total. The number of fused-ring (bicyclic) bond motifs is 5. The average molecular weight is 517 g/mol. The number of aliphatic hydroxyl groups is 1. The van der Waals surface area contributed by atoms with Crippen molar-refractivity contribution in [2.24, 2.45) is 45.1 Å². The van der Waals surface area contributed by atoms with Gasteiger partial charge in [-0.1, -0.05) is 38.4 Å². The van der Waals surface area contributed by atoms with E-state index in [1.165, 1.54) is 24.8 Å². The Balaban J connectivity index is 1.35. The van der Waals surface area contributed by atoms with Gasteiger partial charge >= 0.3 is 5.97 Å². The highest BCUT2D eigenvalue weighted by Gasteiger charge is 2.59. The van der Waals surface area contributed by atoms with Crippen molar-refractivity contribution in [2.45, 2.75) is 92.1 Å². The van der Waals surface area contributed by atoms with Gasteiger partial charge in [0, 0.05) is 17.9 Å². The lowest BCUT2D eigenvalue weighted by molar-refractivity contribution is -0.153. The third-order valence-corrected chi connectivity index (χ3v) is 10.6. The molecule has 206 valence electrons. The van der Waals surface area contributed by atoms with E-state index in [9.17, 15) is 19.5 Å². The summed E-state index contributed by atoms with van der Waals surface area (Å²) >= 11 is 0. The van der Waals surface area contributed by atoms with Crippen LogP contribution in [0.25, 0.3) is 0 Å². The molecule has 0 unspecified atom stereocenters. The van der Waals surface area contributed by atoms with Crippen molar-refractivity contribution in [1.29, 1.82) is 0 Å². The zero-order chi connectivity index (χ0) is 27.2. The minimum absolute atomic E-state index is 0.0113. The Labute approximate surface area is 220 Å². The van der Waals surface area contributed by atoms with Gasteiger partial charge in [0.05, 0.1) is 5.71 Å². The predicted octanol–water partition coefficient (Wildman–Crippen LogP) is 4.11.